The van der Waals surface area contributed by atoms with Gasteiger partial charge in [-0.15, -0.1) is 0 Å². The summed E-state index contributed by atoms with van der Waals surface area (Å²) in [4.78, 5) is 0. The van der Waals surface area contributed by atoms with Crippen LogP contribution in [0.1, 0.15) is 65.7 Å². The van der Waals surface area contributed by atoms with Gasteiger partial charge in [0.25, 0.3) is 0 Å². The molecular formula is C14H29N. The van der Waals surface area contributed by atoms with Crippen LogP contribution in [-0.2, 0) is 0 Å². The van der Waals surface area contributed by atoms with E-state index in [1.54, 1.807) is 0 Å². The third-order valence-electron chi connectivity index (χ3n) is 3.79. The molecule has 0 radical (unpaired) electrons. The average Bonchev–Trinajstić information content (AvgIpc) is 2.20. The van der Waals surface area contributed by atoms with E-state index in [1.807, 2.05) is 0 Å². The summed E-state index contributed by atoms with van der Waals surface area (Å²) in [5.41, 5.74) is 0.515. The first-order chi connectivity index (χ1) is 7.11. The Kier molecular flexibility index (Phi) is 5.66. The topological polar surface area (TPSA) is 12.0 Å². The van der Waals surface area contributed by atoms with E-state index in [2.05, 4.69) is 26.1 Å². The van der Waals surface area contributed by atoms with Crippen molar-refractivity contribution in [3.63, 3.8) is 0 Å². The summed E-state index contributed by atoms with van der Waals surface area (Å²) in [6.07, 6.45) is 9.89. The third-order valence-corrected chi connectivity index (χ3v) is 3.79. The van der Waals surface area contributed by atoms with Crippen molar-refractivity contribution in [3.8, 4) is 0 Å². The molecule has 1 rings (SSSR count). The van der Waals surface area contributed by atoms with Crippen LogP contribution in [0.2, 0.25) is 0 Å². The van der Waals surface area contributed by atoms with Crippen molar-refractivity contribution in [1.29, 1.82) is 0 Å². The summed E-state index contributed by atoms with van der Waals surface area (Å²) in [5.74, 6) is 0.940. The van der Waals surface area contributed by atoms with E-state index < -0.39 is 0 Å². The van der Waals surface area contributed by atoms with Crippen LogP contribution in [-0.4, -0.2) is 13.1 Å². The van der Waals surface area contributed by atoms with Crippen molar-refractivity contribution >= 4 is 0 Å². The second-order valence-electron chi connectivity index (χ2n) is 6.16. The van der Waals surface area contributed by atoms with E-state index in [4.69, 9.17) is 0 Å². The van der Waals surface area contributed by atoms with Crippen LogP contribution < -0.4 is 5.32 Å². The summed E-state index contributed by atoms with van der Waals surface area (Å²) in [5, 5.41) is 3.54. The first kappa shape index (κ1) is 13.0. The van der Waals surface area contributed by atoms with E-state index in [9.17, 15) is 0 Å². The zero-order chi connectivity index (χ0) is 11.1. The molecule has 0 saturated carbocycles. The summed E-state index contributed by atoms with van der Waals surface area (Å²) in [7, 11) is 0. The molecule has 90 valence electrons. The highest BCUT2D eigenvalue weighted by Gasteiger charge is 2.23. The summed E-state index contributed by atoms with van der Waals surface area (Å²) in [6, 6.07) is 0. The van der Waals surface area contributed by atoms with E-state index in [0.29, 0.717) is 5.41 Å². The lowest BCUT2D eigenvalue weighted by atomic mass is 9.75. The Hall–Kier alpha value is -0.0400. The van der Waals surface area contributed by atoms with Crippen LogP contribution in [0.15, 0.2) is 0 Å². The van der Waals surface area contributed by atoms with Crippen molar-refractivity contribution in [2.24, 2.45) is 11.3 Å². The third kappa shape index (κ3) is 5.55. The van der Waals surface area contributed by atoms with Crippen molar-refractivity contribution in [1.82, 2.24) is 5.32 Å². The molecule has 1 N–H and O–H groups in total. The first-order valence-electron chi connectivity index (χ1n) is 6.81. The zero-order valence-electron chi connectivity index (χ0n) is 10.9. The van der Waals surface area contributed by atoms with Crippen LogP contribution in [0, 0.1) is 11.3 Å². The maximum atomic E-state index is 3.54. The monoisotopic (exact) mass is 211 g/mol. The van der Waals surface area contributed by atoms with Crippen LogP contribution in [0.3, 0.4) is 0 Å². The molecule has 1 aliphatic rings. The SMILES string of the molecule is CC(C)(C)C1CCCCCNCCCC1. The fourth-order valence-corrected chi connectivity index (χ4v) is 2.59. The van der Waals surface area contributed by atoms with Gasteiger partial charge in [-0.05, 0) is 50.1 Å². The quantitative estimate of drug-likeness (QED) is 0.639. The minimum Gasteiger partial charge on any atom is -0.317 e. The molecule has 0 spiro atoms. The summed E-state index contributed by atoms with van der Waals surface area (Å²) >= 11 is 0. The predicted octanol–water partition coefficient (Wildman–Crippen LogP) is 3.98. The van der Waals surface area contributed by atoms with Gasteiger partial charge in [0.15, 0.2) is 0 Å². The second-order valence-corrected chi connectivity index (χ2v) is 6.16. The molecule has 1 heteroatoms. The van der Waals surface area contributed by atoms with Gasteiger partial charge < -0.3 is 5.32 Å². The number of hydrogen-bond acceptors (Lipinski definition) is 1. The van der Waals surface area contributed by atoms with Gasteiger partial charge in [-0.3, -0.25) is 0 Å². The Balaban J connectivity index is 2.39. The fourth-order valence-electron chi connectivity index (χ4n) is 2.59. The largest absolute Gasteiger partial charge is 0.317 e. The van der Waals surface area contributed by atoms with Crippen molar-refractivity contribution in [2.75, 3.05) is 13.1 Å². The molecule has 15 heavy (non-hydrogen) atoms. The Bertz CT molecular complexity index is 145. The van der Waals surface area contributed by atoms with Gasteiger partial charge in [0.2, 0.25) is 0 Å². The summed E-state index contributed by atoms with van der Waals surface area (Å²) in [6.45, 7) is 9.71. The molecule has 0 bridgehead atoms. The molecule has 0 aliphatic carbocycles. The molecule has 1 saturated heterocycles. The van der Waals surface area contributed by atoms with Gasteiger partial charge in [-0.1, -0.05) is 40.0 Å². The predicted molar refractivity (Wildman–Crippen MR) is 68.1 cm³/mol. The van der Waals surface area contributed by atoms with E-state index in [1.165, 1.54) is 58.0 Å². The molecule has 1 heterocycles. The zero-order valence-corrected chi connectivity index (χ0v) is 10.9. The van der Waals surface area contributed by atoms with Gasteiger partial charge in [-0.25, -0.2) is 0 Å². The maximum absolute atomic E-state index is 3.54. The Morgan fingerprint density at radius 2 is 1.33 bits per heavy atom. The van der Waals surface area contributed by atoms with Crippen molar-refractivity contribution in [2.45, 2.75) is 65.7 Å². The van der Waals surface area contributed by atoms with Crippen LogP contribution in [0.4, 0.5) is 0 Å². The minimum absolute atomic E-state index is 0.515. The van der Waals surface area contributed by atoms with Crippen LogP contribution in [0.5, 0.6) is 0 Å². The van der Waals surface area contributed by atoms with Gasteiger partial charge in [0, 0.05) is 0 Å². The lowest BCUT2D eigenvalue weighted by Crippen LogP contribution is -2.20. The minimum atomic E-state index is 0.515. The molecule has 1 nitrogen and oxygen atoms in total. The second kappa shape index (κ2) is 6.52. The average molecular weight is 211 g/mol. The first-order valence-corrected chi connectivity index (χ1v) is 6.81. The highest BCUT2D eigenvalue weighted by Crippen LogP contribution is 2.34. The van der Waals surface area contributed by atoms with Crippen molar-refractivity contribution in [3.05, 3.63) is 0 Å². The van der Waals surface area contributed by atoms with Crippen LogP contribution >= 0.6 is 0 Å². The lowest BCUT2D eigenvalue weighted by Gasteiger charge is -2.31. The van der Waals surface area contributed by atoms with Crippen molar-refractivity contribution < 1.29 is 0 Å². The number of hydrogen-bond donors (Lipinski definition) is 1. The Labute approximate surface area is 96.0 Å². The Morgan fingerprint density at radius 3 is 1.93 bits per heavy atom. The molecule has 1 unspecified atom stereocenters. The fraction of sp³-hybridized carbons (Fsp3) is 1.00. The Morgan fingerprint density at radius 1 is 0.800 bits per heavy atom. The smallest absolute Gasteiger partial charge is 0.00489 e. The summed E-state index contributed by atoms with van der Waals surface area (Å²) < 4.78 is 0. The molecule has 0 aromatic carbocycles. The van der Waals surface area contributed by atoms with E-state index in [-0.39, 0.29) is 0 Å². The molecule has 0 amide bonds. The van der Waals surface area contributed by atoms with Gasteiger partial charge in [0.1, 0.15) is 0 Å². The maximum Gasteiger partial charge on any atom is -0.00489 e. The highest BCUT2D eigenvalue weighted by molar-refractivity contribution is 4.74. The van der Waals surface area contributed by atoms with Crippen LogP contribution in [0.25, 0.3) is 0 Å². The molecule has 1 fully saturated rings. The lowest BCUT2D eigenvalue weighted by molar-refractivity contribution is 0.203. The number of nitrogens with one attached hydrogen (secondary N) is 1. The molecular weight excluding hydrogens is 182 g/mol. The standard InChI is InChI=1S/C14H29N/c1-14(2,3)13-9-5-4-7-11-15-12-8-6-10-13/h13,15H,4-12H2,1-3H3. The van der Waals surface area contributed by atoms with Gasteiger partial charge in [-0.2, -0.15) is 0 Å². The van der Waals surface area contributed by atoms with E-state index in [0.717, 1.165) is 5.92 Å². The molecule has 0 aromatic heterocycles. The molecule has 0 aromatic rings. The van der Waals surface area contributed by atoms with Gasteiger partial charge >= 0.3 is 0 Å². The molecule has 1 atom stereocenters. The number of rotatable bonds is 0. The van der Waals surface area contributed by atoms with E-state index >= 15 is 0 Å². The van der Waals surface area contributed by atoms with Gasteiger partial charge in [0.05, 0.1) is 0 Å². The highest BCUT2D eigenvalue weighted by atomic mass is 14.8. The normalized spacial score (nSPS) is 27.0. The molecule has 1 aliphatic heterocycles.